The minimum Gasteiger partial charge on any atom is -0.480 e. The van der Waals surface area contributed by atoms with Crippen LogP contribution in [0.1, 0.15) is 59.5 Å². The van der Waals surface area contributed by atoms with E-state index < -0.39 is 21.7 Å². The molecule has 202 valence electrons. The van der Waals surface area contributed by atoms with E-state index in [9.17, 15) is 22.0 Å². The summed E-state index contributed by atoms with van der Waals surface area (Å²) in [5.41, 5.74) is 1.76. The number of ketones is 1. The van der Waals surface area contributed by atoms with Crippen molar-refractivity contribution in [3.05, 3.63) is 27.1 Å². The number of alkyl halides is 2. The average molecular weight is 571 g/mol. The first kappa shape index (κ1) is 26.9. The number of methoxy groups -OCH3 is 1. The number of nitrogens with zero attached hydrogens (tertiary/aromatic N) is 2. The number of fused-ring (bicyclic) bond motifs is 1. The van der Waals surface area contributed by atoms with E-state index in [2.05, 4.69) is 5.10 Å². The number of rotatable bonds is 11. The van der Waals surface area contributed by atoms with Crippen molar-refractivity contribution in [2.24, 2.45) is 24.8 Å². The summed E-state index contributed by atoms with van der Waals surface area (Å²) >= 11 is 7.15. The fourth-order valence-corrected chi connectivity index (χ4v) is 9.91. The van der Waals surface area contributed by atoms with Crippen molar-refractivity contribution in [3.63, 3.8) is 0 Å². The highest BCUT2D eigenvalue weighted by molar-refractivity contribution is 7.91. The molecule has 3 aliphatic rings. The van der Waals surface area contributed by atoms with Crippen LogP contribution in [0, 0.1) is 17.8 Å². The van der Waals surface area contributed by atoms with Crippen molar-refractivity contribution < 1.29 is 26.7 Å². The molecule has 0 unspecified atom stereocenters. The van der Waals surface area contributed by atoms with E-state index in [-0.39, 0.29) is 47.5 Å². The van der Waals surface area contributed by atoms with E-state index in [0.29, 0.717) is 30.0 Å². The molecule has 0 N–H and O–H groups in total. The van der Waals surface area contributed by atoms with Crippen LogP contribution in [0.4, 0.5) is 8.78 Å². The Hall–Kier alpha value is -1.72. The average Bonchev–Trinajstić information content (AvgIpc) is 3.49. The topological polar surface area (TPSA) is 78.3 Å². The summed E-state index contributed by atoms with van der Waals surface area (Å²) in [6, 6.07) is 1.86. The summed E-state index contributed by atoms with van der Waals surface area (Å²) in [5, 5.41) is 4.28. The van der Waals surface area contributed by atoms with Gasteiger partial charge in [-0.1, -0.05) is 12.2 Å². The van der Waals surface area contributed by atoms with Crippen LogP contribution in [0.3, 0.4) is 0 Å². The Balaban J connectivity index is 1.35. The normalized spacial score (nSPS) is 21.4. The Labute approximate surface area is 225 Å². The van der Waals surface area contributed by atoms with E-state index in [0.717, 1.165) is 46.7 Å². The zero-order valence-electron chi connectivity index (χ0n) is 21.1. The van der Waals surface area contributed by atoms with Crippen molar-refractivity contribution in [3.8, 4) is 5.88 Å². The van der Waals surface area contributed by atoms with Gasteiger partial charge < -0.3 is 4.74 Å². The fraction of sp³-hybridized carbons (Fsp3) is 0.654. The van der Waals surface area contributed by atoms with Gasteiger partial charge in [0, 0.05) is 60.2 Å². The van der Waals surface area contributed by atoms with Crippen molar-refractivity contribution in [2.75, 3.05) is 12.9 Å². The van der Waals surface area contributed by atoms with Crippen molar-refractivity contribution in [2.45, 2.75) is 75.0 Å². The Bertz CT molecular complexity index is 1320. The monoisotopic (exact) mass is 570 g/mol. The van der Waals surface area contributed by atoms with Crippen molar-refractivity contribution >= 4 is 44.0 Å². The smallest absolute Gasteiger partial charge is 0.248 e. The number of halogens is 2. The second-order valence-electron chi connectivity index (χ2n) is 10.9. The van der Waals surface area contributed by atoms with Gasteiger partial charge in [-0.05, 0) is 60.8 Å². The van der Waals surface area contributed by atoms with Gasteiger partial charge in [-0.2, -0.15) is 0 Å². The summed E-state index contributed by atoms with van der Waals surface area (Å²) < 4.78 is 61.0. The number of carbonyl (C=O) groups excluding carboxylic acids is 1. The first-order valence-electron chi connectivity index (χ1n) is 12.8. The standard InChI is InChI=1S/C26H32F2N2O4S3/c1-30-18(10-24(29-30)34-2)9-19(35)7-15-3-6-22-20(8-15)25(23(36-22)11-21(31)17-4-5-17)37(32,33)14-16-12-26(27,28)13-16/h10,15-17H,3-9,11-14H2,1-2H3/t15-/m1/s1. The minimum atomic E-state index is -3.79. The predicted octanol–water partition coefficient (Wildman–Crippen LogP) is 4.94. The third-order valence-corrected chi connectivity index (χ3v) is 11.5. The van der Waals surface area contributed by atoms with Gasteiger partial charge in [0.25, 0.3) is 0 Å². The Morgan fingerprint density at radius 1 is 1.24 bits per heavy atom. The molecule has 0 spiro atoms. The fourth-order valence-electron chi connectivity index (χ4n) is 5.68. The van der Waals surface area contributed by atoms with E-state index >= 15 is 0 Å². The maximum atomic E-state index is 13.6. The maximum absolute atomic E-state index is 13.6. The number of aryl methyl sites for hydroxylation is 2. The highest BCUT2D eigenvalue weighted by Gasteiger charge is 2.47. The van der Waals surface area contributed by atoms with Crippen LogP contribution in [0.25, 0.3) is 0 Å². The van der Waals surface area contributed by atoms with Gasteiger partial charge in [-0.15, -0.1) is 16.4 Å². The summed E-state index contributed by atoms with van der Waals surface area (Å²) in [6.07, 6.45) is 4.57. The number of sulfone groups is 1. The molecule has 2 fully saturated rings. The third kappa shape index (κ3) is 5.98. The lowest BCUT2D eigenvalue weighted by Crippen LogP contribution is -2.39. The largest absolute Gasteiger partial charge is 0.480 e. The van der Waals surface area contributed by atoms with E-state index in [1.54, 1.807) is 11.8 Å². The lowest BCUT2D eigenvalue weighted by molar-refractivity contribution is -0.119. The molecule has 6 nitrogen and oxygen atoms in total. The number of carbonyl (C=O) groups is 1. The van der Waals surface area contributed by atoms with Crippen LogP contribution >= 0.6 is 23.6 Å². The molecule has 3 aliphatic carbocycles. The minimum absolute atomic E-state index is 0.0377. The molecule has 0 bridgehead atoms. The van der Waals surface area contributed by atoms with Crippen molar-refractivity contribution in [1.82, 2.24) is 9.78 Å². The van der Waals surface area contributed by atoms with Gasteiger partial charge in [0.2, 0.25) is 11.8 Å². The molecule has 0 aliphatic heterocycles. The highest BCUT2D eigenvalue weighted by atomic mass is 32.2. The molecule has 2 saturated carbocycles. The molecule has 0 aromatic carbocycles. The third-order valence-electron chi connectivity index (χ3n) is 7.75. The molecule has 5 rings (SSSR count). The molecule has 0 saturated heterocycles. The van der Waals surface area contributed by atoms with E-state index in [1.807, 2.05) is 13.1 Å². The molecule has 2 aromatic rings. The van der Waals surface area contributed by atoms with E-state index in [4.69, 9.17) is 17.0 Å². The molecule has 37 heavy (non-hydrogen) atoms. The van der Waals surface area contributed by atoms with Gasteiger partial charge >= 0.3 is 0 Å². The summed E-state index contributed by atoms with van der Waals surface area (Å²) in [4.78, 5) is 15.4. The van der Waals surface area contributed by atoms with Gasteiger partial charge in [0.1, 0.15) is 5.78 Å². The van der Waals surface area contributed by atoms with Crippen LogP contribution in [-0.2, 0) is 47.4 Å². The number of ether oxygens (including phenoxy) is 1. The SMILES string of the molecule is COc1cc(CC(=S)C[C@H]2CCc3sc(CC(=O)C4CC4)c(S(=O)(=O)CC4CC(F)(F)C4)c3C2)n(C)n1. The lowest BCUT2D eigenvalue weighted by Gasteiger charge is -2.34. The Kier molecular flexibility index (Phi) is 7.34. The molecular weight excluding hydrogens is 538 g/mol. The number of Topliss-reactive ketones (excluding diaryl/α,β-unsaturated/α-hetero) is 1. The quantitative estimate of drug-likeness (QED) is 0.356. The molecule has 1 atom stereocenters. The molecule has 11 heteroatoms. The van der Waals surface area contributed by atoms with Crippen LogP contribution in [-0.4, -0.2) is 47.6 Å². The number of hydrogen-bond acceptors (Lipinski definition) is 7. The van der Waals surface area contributed by atoms with Crippen LogP contribution in [0.2, 0.25) is 0 Å². The summed E-state index contributed by atoms with van der Waals surface area (Å²) in [5.74, 6) is -2.72. The van der Waals surface area contributed by atoms with Crippen molar-refractivity contribution in [1.29, 1.82) is 0 Å². The lowest BCUT2D eigenvalue weighted by atomic mass is 9.83. The molecule has 0 amide bonds. The second kappa shape index (κ2) is 10.1. The molecular formula is C26H32F2N2O4S3. The summed E-state index contributed by atoms with van der Waals surface area (Å²) in [7, 11) is -0.375. The number of hydrogen-bond donors (Lipinski definition) is 0. The van der Waals surface area contributed by atoms with Crippen LogP contribution in [0.15, 0.2) is 11.0 Å². The number of aromatic nitrogens is 2. The number of thiophene rings is 1. The highest BCUT2D eigenvalue weighted by Crippen LogP contribution is 2.46. The first-order valence-corrected chi connectivity index (χ1v) is 15.7. The van der Waals surface area contributed by atoms with Crippen LogP contribution in [0.5, 0.6) is 5.88 Å². The van der Waals surface area contributed by atoms with Crippen LogP contribution < -0.4 is 4.74 Å². The second-order valence-corrected chi connectivity index (χ2v) is 14.7. The van der Waals surface area contributed by atoms with Gasteiger partial charge in [0.05, 0.1) is 17.8 Å². The first-order chi connectivity index (χ1) is 17.4. The maximum Gasteiger partial charge on any atom is 0.248 e. The Morgan fingerprint density at radius 2 is 1.97 bits per heavy atom. The van der Waals surface area contributed by atoms with Gasteiger partial charge in [0.15, 0.2) is 9.84 Å². The molecule has 0 radical (unpaired) electrons. The zero-order chi connectivity index (χ0) is 26.5. The zero-order valence-corrected chi connectivity index (χ0v) is 23.5. The number of thiocarbonyl (C=S) groups is 1. The van der Waals surface area contributed by atoms with Gasteiger partial charge in [-0.25, -0.2) is 17.2 Å². The summed E-state index contributed by atoms with van der Waals surface area (Å²) in [6.45, 7) is 0. The van der Waals surface area contributed by atoms with E-state index in [1.165, 1.54) is 11.3 Å². The molecule has 2 heterocycles. The Morgan fingerprint density at radius 3 is 2.59 bits per heavy atom. The molecule has 2 aromatic heterocycles. The predicted molar refractivity (Wildman–Crippen MR) is 142 cm³/mol. The van der Waals surface area contributed by atoms with Gasteiger partial charge in [-0.3, -0.25) is 9.48 Å².